The highest BCUT2D eigenvalue weighted by Crippen LogP contribution is 2.38. The van der Waals surface area contributed by atoms with Crippen molar-refractivity contribution in [1.29, 1.82) is 0 Å². The number of hydrogen-bond acceptors (Lipinski definition) is 6. The van der Waals surface area contributed by atoms with Gasteiger partial charge in [0, 0.05) is 6.07 Å². The molecule has 0 aromatic heterocycles. The molecular weight excluding hydrogens is 449 g/mol. The van der Waals surface area contributed by atoms with Gasteiger partial charge in [-0.25, -0.2) is 0 Å². The average molecular weight is 462 g/mol. The summed E-state index contributed by atoms with van der Waals surface area (Å²) in [5.74, 6) is -4.49. The van der Waals surface area contributed by atoms with Crippen LogP contribution in [0.5, 0.6) is 0 Å². The molecule has 0 spiro atoms. The van der Waals surface area contributed by atoms with E-state index in [4.69, 9.17) is 0 Å². The van der Waals surface area contributed by atoms with Gasteiger partial charge in [-0.2, -0.15) is 13.2 Å². The van der Waals surface area contributed by atoms with E-state index in [1.807, 2.05) is 0 Å². The zero-order valence-electron chi connectivity index (χ0n) is 16.5. The zero-order valence-corrected chi connectivity index (χ0v) is 16.5. The first-order valence-electron chi connectivity index (χ1n) is 9.42. The second-order valence-corrected chi connectivity index (χ2v) is 7.24. The van der Waals surface area contributed by atoms with E-state index in [-0.39, 0.29) is 16.9 Å². The number of para-hydroxylation sites is 2. The van der Waals surface area contributed by atoms with Gasteiger partial charge in [0.2, 0.25) is 11.8 Å². The summed E-state index contributed by atoms with van der Waals surface area (Å²) in [5, 5.41) is 13.5. The predicted molar refractivity (Wildman–Crippen MR) is 105 cm³/mol. The number of carbonyl (C=O) groups is 4. The molecule has 0 radical (unpaired) electrons. The molecule has 170 valence electrons. The normalized spacial score (nSPS) is 17.9. The Balaban J connectivity index is 1.73. The molecule has 0 bridgehead atoms. The summed E-state index contributed by atoms with van der Waals surface area (Å²) >= 11 is 0. The van der Waals surface area contributed by atoms with Crippen LogP contribution in [0.2, 0.25) is 0 Å². The average Bonchev–Trinajstić information content (AvgIpc) is 2.89. The lowest BCUT2D eigenvalue weighted by molar-refractivity contribution is -0.385. The maximum atomic E-state index is 13.8. The minimum absolute atomic E-state index is 0.0550. The number of hydrogen-bond donors (Lipinski definition) is 1. The SMILES string of the molecule is O=C1CC(C(F)(F)F)N(C(=O)CN2C(=O)c3cccc([N+](=O)[O-])c3C2=O)c2ccccc2N1. The summed E-state index contributed by atoms with van der Waals surface area (Å²) in [4.78, 5) is 61.6. The van der Waals surface area contributed by atoms with Crippen molar-refractivity contribution in [3.8, 4) is 0 Å². The summed E-state index contributed by atoms with van der Waals surface area (Å²) < 4.78 is 41.5. The van der Waals surface area contributed by atoms with E-state index in [0.29, 0.717) is 9.80 Å². The van der Waals surface area contributed by atoms with Crippen LogP contribution in [0.25, 0.3) is 0 Å². The van der Waals surface area contributed by atoms with Crippen LogP contribution in [0.1, 0.15) is 27.1 Å². The molecule has 4 amide bonds. The van der Waals surface area contributed by atoms with E-state index >= 15 is 0 Å². The van der Waals surface area contributed by atoms with E-state index in [1.165, 1.54) is 30.3 Å². The fraction of sp³-hybridized carbons (Fsp3) is 0.200. The van der Waals surface area contributed by atoms with Crippen molar-refractivity contribution in [2.24, 2.45) is 0 Å². The molecule has 1 unspecified atom stereocenters. The number of rotatable bonds is 3. The minimum atomic E-state index is -5.01. The smallest absolute Gasteiger partial charge is 0.324 e. The first kappa shape index (κ1) is 21.9. The first-order chi connectivity index (χ1) is 15.5. The Kier molecular flexibility index (Phi) is 5.11. The van der Waals surface area contributed by atoms with E-state index in [9.17, 15) is 42.5 Å². The van der Waals surface area contributed by atoms with Crippen molar-refractivity contribution in [1.82, 2.24) is 4.90 Å². The van der Waals surface area contributed by atoms with Gasteiger partial charge in [-0.05, 0) is 18.2 Å². The number of nitro benzene ring substituents is 1. The summed E-state index contributed by atoms with van der Waals surface area (Å²) in [5.41, 5.74) is -1.86. The van der Waals surface area contributed by atoms with Crippen LogP contribution in [0, 0.1) is 10.1 Å². The monoisotopic (exact) mass is 462 g/mol. The molecule has 2 aromatic carbocycles. The van der Waals surface area contributed by atoms with Crippen molar-refractivity contribution in [2.75, 3.05) is 16.8 Å². The molecule has 0 fully saturated rings. The van der Waals surface area contributed by atoms with Gasteiger partial charge >= 0.3 is 6.18 Å². The number of nitrogens with zero attached hydrogens (tertiary/aromatic N) is 3. The van der Waals surface area contributed by atoms with Crippen LogP contribution in [-0.4, -0.2) is 52.2 Å². The molecule has 1 atom stereocenters. The maximum Gasteiger partial charge on any atom is 0.409 e. The number of benzene rings is 2. The number of anilines is 2. The number of imide groups is 1. The van der Waals surface area contributed by atoms with E-state index in [1.54, 1.807) is 0 Å². The molecule has 0 saturated carbocycles. The quantitative estimate of drug-likeness (QED) is 0.424. The zero-order chi connectivity index (χ0) is 24.1. The van der Waals surface area contributed by atoms with Crippen molar-refractivity contribution in [3.63, 3.8) is 0 Å². The van der Waals surface area contributed by atoms with Gasteiger partial charge in [0.1, 0.15) is 18.2 Å². The lowest BCUT2D eigenvalue weighted by Crippen LogP contribution is -2.53. The fourth-order valence-corrected chi connectivity index (χ4v) is 3.82. The van der Waals surface area contributed by atoms with Crippen molar-refractivity contribution in [3.05, 3.63) is 63.7 Å². The Morgan fingerprint density at radius 3 is 2.45 bits per heavy atom. The number of carbonyl (C=O) groups excluding carboxylic acids is 4. The van der Waals surface area contributed by atoms with Gasteiger partial charge in [0.15, 0.2) is 0 Å². The number of amides is 4. The summed E-state index contributed by atoms with van der Waals surface area (Å²) in [6.07, 6.45) is -6.11. The highest BCUT2D eigenvalue weighted by molar-refractivity contribution is 6.24. The lowest BCUT2D eigenvalue weighted by atomic mass is 10.1. The second-order valence-electron chi connectivity index (χ2n) is 7.24. The van der Waals surface area contributed by atoms with Gasteiger partial charge in [-0.15, -0.1) is 0 Å². The van der Waals surface area contributed by atoms with Gasteiger partial charge in [0.05, 0.1) is 28.3 Å². The van der Waals surface area contributed by atoms with Crippen LogP contribution >= 0.6 is 0 Å². The molecule has 0 aliphatic carbocycles. The van der Waals surface area contributed by atoms with E-state index < -0.39 is 65.0 Å². The Labute approximate surface area is 182 Å². The Hall–Kier alpha value is -4.29. The van der Waals surface area contributed by atoms with Gasteiger partial charge in [0.25, 0.3) is 17.5 Å². The number of nitrogens with one attached hydrogen (secondary N) is 1. The van der Waals surface area contributed by atoms with Crippen molar-refractivity contribution >= 4 is 40.7 Å². The molecule has 2 heterocycles. The molecule has 2 aromatic rings. The minimum Gasteiger partial charge on any atom is -0.324 e. The molecule has 2 aliphatic heterocycles. The molecule has 10 nitrogen and oxygen atoms in total. The summed E-state index contributed by atoms with van der Waals surface area (Å²) in [6.45, 7) is -1.11. The number of halogens is 3. The molecule has 2 aliphatic rings. The third kappa shape index (κ3) is 3.66. The molecule has 33 heavy (non-hydrogen) atoms. The standard InChI is InChI=1S/C20H13F3N4O6/c21-20(22,23)14-8-15(28)24-11-5-1-2-6-12(11)26(14)16(29)9-25-18(30)10-4-3-7-13(27(32)33)17(10)19(25)31/h1-7,14H,8-9H2,(H,24,28). The first-order valence-corrected chi connectivity index (χ1v) is 9.42. The number of alkyl halides is 3. The van der Waals surface area contributed by atoms with Crippen molar-refractivity contribution in [2.45, 2.75) is 18.6 Å². The molecule has 4 rings (SSSR count). The lowest BCUT2D eigenvalue weighted by Gasteiger charge is -2.32. The Morgan fingerprint density at radius 1 is 1.09 bits per heavy atom. The van der Waals surface area contributed by atoms with E-state index in [0.717, 1.165) is 12.1 Å². The Morgan fingerprint density at radius 2 is 1.79 bits per heavy atom. The largest absolute Gasteiger partial charge is 0.409 e. The van der Waals surface area contributed by atoms with E-state index in [2.05, 4.69) is 5.32 Å². The molecular formula is C20H13F3N4O6. The topological polar surface area (TPSA) is 130 Å². The van der Waals surface area contributed by atoms with Crippen LogP contribution in [0.15, 0.2) is 42.5 Å². The Bertz CT molecular complexity index is 1230. The highest BCUT2D eigenvalue weighted by Gasteiger charge is 2.50. The number of nitro groups is 1. The fourth-order valence-electron chi connectivity index (χ4n) is 3.82. The third-order valence-electron chi connectivity index (χ3n) is 5.24. The van der Waals surface area contributed by atoms with Gasteiger partial charge < -0.3 is 5.32 Å². The highest BCUT2D eigenvalue weighted by atomic mass is 19.4. The van der Waals surface area contributed by atoms with Crippen LogP contribution < -0.4 is 10.2 Å². The summed E-state index contributed by atoms with van der Waals surface area (Å²) in [7, 11) is 0. The third-order valence-corrected chi connectivity index (χ3v) is 5.24. The molecule has 1 N–H and O–H groups in total. The number of fused-ring (bicyclic) bond motifs is 2. The van der Waals surface area contributed by atoms with Crippen molar-refractivity contribution < 1.29 is 37.3 Å². The van der Waals surface area contributed by atoms with Gasteiger partial charge in [-0.1, -0.05) is 18.2 Å². The maximum absolute atomic E-state index is 13.8. The molecule has 0 saturated heterocycles. The molecule has 13 heteroatoms. The van der Waals surface area contributed by atoms with Gasteiger partial charge in [-0.3, -0.25) is 39.1 Å². The second kappa shape index (κ2) is 7.69. The predicted octanol–water partition coefficient (Wildman–Crippen LogP) is 2.50. The van der Waals surface area contributed by atoms with Crippen LogP contribution in [-0.2, 0) is 9.59 Å². The van der Waals surface area contributed by atoms with Crippen LogP contribution in [0.3, 0.4) is 0 Å². The summed E-state index contributed by atoms with van der Waals surface area (Å²) in [6, 6.07) is 6.05. The van der Waals surface area contributed by atoms with Crippen LogP contribution in [0.4, 0.5) is 30.2 Å².